The van der Waals surface area contributed by atoms with Crippen LogP contribution in [0.25, 0.3) is 10.0 Å². The van der Waals surface area contributed by atoms with Gasteiger partial charge in [-0.2, -0.15) is 0 Å². The number of hydrogen-bond donors (Lipinski definition) is 1. The largest absolute Gasteiger partial charge is 0.351 e. The standard InChI is InChI=1S/C28H43N3O2S3/c1-4-5-6-10-13-16-24(32)34-19-15-12-9-7-8-11-14-17-29-26(33)25-23(21-22(2)3)36-28(31-25)27-30-18-20-35-27/h9,12,18,20,22H,4-8,10-11,13-17,19,21H2,1-3H3,(H,29,33)/b12-9+. The first-order valence-electron chi connectivity index (χ1n) is 13.5. The lowest BCUT2D eigenvalue weighted by molar-refractivity contribution is -0.111. The van der Waals surface area contributed by atoms with Crippen LogP contribution in [0.5, 0.6) is 0 Å². The average Bonchev–Trinajstić information content (AvgIpc) is 3.52. The molecule has 0 aliphatic carbocycles. The zero-order valence-electron chi connectivity index (χ0n) is 22.2. The number of thiazole rings is 2. The fourth-order valence-corrected chi connectivity index (χ4v) is 6.45. The predicted molar refractivity (Wildman–Crippen MR) is 157 cm³/mol. The summed E-state index contributed by atoms with van der Waals surface area (Å²) in [5.74, 6) is 1.28. The Labute approximate surface area is 230 Å². The summed E-state index contributed by atoms with van der Waals surface area (Å²) in [6, 6.07) is 0. The van der Waals surface area contributed by atoms with Crippen molar-refractivity contribution in [3.63, 3.8) is 0 Å². The number of nitrogens with one attached hydrogen (secondary N) is 1. The van der Waals surface area contributed by atoms with Gasteiger partial charge in [0.2, 0.25) is 0 Å². The van der Waals surface area contributed by atoms with Crippen molar-refractivity contribution in [2.24, 2.45) is 5.92 Å². The molecule has 0 saturated carbocycles. The van der Waals surface area contributed by atoms with E-state index in [1.54, 1.807) is 28.9 Å². The topological polar surface area (TPSA) is 72.0 Å². The van der Waals surface area contributed by atoms with Gasteiger partial charge in [0.1, 0.15) is 5.69 Å². The van der Waals surface area contributed by atoms with Crippen molar-refractivity contribution in [2.45, 2.75) is 97.8 Å². The minimum Gasteiger partial charge on any atom is -0.351 e. The summed E-state index contributed by atoms with van der Waals surface area (Å²) in [5, 5.41) is 7.05. The quantitative estimate of drug-likeness (QED) is 0.141. The van der Waals surface area contributed by atoms with Crippen molar-refractivity contribution in [3.05, 3.63) is 34.3 Å². The van der Waals surface area contributed by atoms with E-state index in [0.29, 0.717) is 23.3 Å². The molecule has 0 saturated heterocycles. The van der Waals surface area contributed by atoms with Crippen LogP contribution < -0.4 is 5.32 Å². The summed E-state index contributed by atoms with van der Waals surface area (Å²) in [6.07, 6.45) is 18.9. The molecule has 2 heterocycles. The Kier molecular flexibility index (Phi) is 15.9. The van der Waals surface area contributed by atoms with Gasteiger partial charge in [0.05, 0.1) is 0 Å². The van der Waals surface area contributed by atoms with E-state index in [-0.39, 0.29) is 5.91 Å². The molecule has 2 rings (SSSR count). The minimum atomic E-state index is -0.0717. The number of unbranched alkanes of at least 4 members (excludes halogenated alkanes) is 7. The maximum atomic E-state index is 12.8. The van der Waals surface area contributed by atoms with E-state index in [1.165, 1.54) is 37.4 Å². The van der Waals surface area contributed by atoms with E-state index < -0.39 is 0 Å². The first-order valence-corrected chi connectivity index (χ1v) is 16.2. The summed E-state index contributed by atoms with van der Waals surface area (Å²) in [4.78, 5) is 34.7. The van der Waals surface area contributed by atoms with Gasteiger partial charge in [-0.25, -0.2) is 9.97 Å². The van der Waals surface area contributed by atoms with Crippen LogP contribution in [-0.2, 0) is 11.2 Å². The summed E-state index contributed by atoms with van der Waals surface area (Å²) in [7, 11) is 0. The second-order valence-corrected chi connectivity index (χ2v) is 12.6. The molecule has 1 N–H and O–H groups in total. The third kappa shape index (κ3) is 12.6. The Balaban J connectivity index is 1.55. The van der Waals surface area contributed by atoms with Crippen molar-refractivity contribution in [3.8, 4) is 10.0 Å². The van der Waals surface area contributed by atoms with E-state index in [0.717, 1.165) is 72.0 Å². The number of carbonyl (C=O) groups excluding carboxylic acids is 2. The normalized spacial score (nSPS) is 11.6. The lowest BCUT2D eigenvalue weighted by Crippen LogP contribution is -2.25. The lowest BCUT2D eigenvalue weighted by atomic mass is 10.1. The van der Waals surface area contributed by atoms with Crippen LogP contribution in [-0.4, -0.2) is 33.3 Å². The van der Waals surface area contributed by atoms with Gasteiger partial charge in [-0.3, -0.25) is 9.59 Å². The number of nitrogens with zero attached hydrogens (tertiary/aromatic N) is 2. The maximum Gasteiger partial charge on any atom is 0.271 e. The Morgan fingerprint density at radius 3 is 2.56 bits per heavy atom. The molecular weight excluding hydrogens is 507 g/mol. The van der Waals surface area contributed by atoms with Crippen LogP contribution in [0.3, 0.4) is 0 Å². The fourth-order valence-electron chi connectivity index (χ4n) is 3.73. The highest BCUT2D eigenvalue weighted by Gasteiger charge is 2.20. The monoisotopic (exact) mass is 549 g/mol. The molecule has 0 atom stereocenters. The molecule has 2 aromatic heterocycles. The molecule has 0 fully saturated rings. The smallest absolute Gasteiger partial charge is 0.271 e. The second-order valence-electron chi connectivity index (χ2n) is 9.48. The minimum absolute atomic E-state index is 0.0717. The molecule has 36 heavy (non-hydrogen) atoms. The molecule has 0 aliphatic rings. The summed E-state index contributed by atoms with van der Waals surface area (Å²) < 4.78 is 0. The molecule has 5 nitrogen and oxygen atoms in total. The third-order valence-electron chi connectivity index (χ3n) is 5.65. The van der Waals surface area contributed by atoms with Crippen LogP contribution in [0.15, 0.2) is 23.7 Å². The van der Waals surface area contributed by atoms with Gasteiger partial charge in [-0.1, -0.05) is 76.8 Å². The lowest BCUT2D eigenvalue weighted by Gasteiger charge is -2.06. The van der Waals surface area contributed by atoms with Crippen LogP contribution in [0.4, 0.5) is 0 Å². The van der Waals surface area contributed by atoms with Gasteiger partial charge in [-0.15, -0.1) is 22.7 Å². The Bertz CT molecular complexity index is 907. The molecule has 0 bridgehead atoms. The summed E-state index contributed by atoms with van der Waals surface area (Å²) in [5.41, 5.74) is 0.565. The third-order valence-corrected chi connectivity index (χ3v) is 8.61. The average molecular weight is 550 g/mol. The number of carbonyl (C=O) groups is 2. The van der Waals surface area contributed by atoms with E-state index in [1.807, 2.05) is 5.38 Å². The first kappa shape index (κ1) is 30.7. The van der Waals surface area contributed by atoms with Gasteiger partial charge < -0.3 is 5.32 Å². The molecule has 8 heteroatoms. The van der Waals surface area contributed by atoms with Crippen molar-refractivity contribution in [1.29, 1.82) is 0 Å². The Morgan fingerprint density at radius 1 is 1.03 bits per heavy atom. The molecule has 1 amide bonds. The molecule has 2 aromatic rings. The number of amides is 1. The number of thioether (sulfide) groups is 1. The van der Waals surface area contributed by atoms with E-state index in [2.05, 4.69) is 48.2 Å². The molecule has 200 valence electrons. The Hall–Kier alpha value is -1.51. The number of aromatic nitrogens is 2. The van der Waals surface area contributed by atoms with E-state index in [4.69, 9.17) is 0 Å². The van der Waals surface area contributed by atoms with Crippen molar-refractivity contribution < 1.29 is 9.59 Å². The highest BCUT2D eigenvalue weighted by Crippen LogP contribution is 2.31. The van der Waals surface area contributed by atoms with Crippen LogP contribution >= 0.6 is 34.4 Å². The van der Waals surface area contributed by atoms with Gasteiger partial charge in [0.25, 0.3) is 5.91 Å². The molecule has 0 radical (unpaired) electrons. The number of rotatable bonds is 19. The Morgan fingerprint density at radius 2 is 1.81 bits per heavy atom. The number of allylic oxidation sites excluding steroid dienone is 2. The summed E-state index contributed by atoms with van der Waals surface area (Å²) in [6.45, 7) is 7.20. The van der Waals surface area contributed by atoms with Crippen molar-refractivity contribution in [1.82, 2.24) is 15.3 Å². The van der Waals surface area contributed by atoms with Crippen molar-refractivity contribution >= 4 is 45.5 Å². The molecule has 0 aliphatic heterocycles. The SMILES string of the molecule is CCCCCCCC(=O)SCC/C=C/CCCCCNC(=O)c1nc(-c2nccs2)sc1CC(C)C. The highest BCUT2D eigenvalue weighted by molar-refractivity contribution is 8.13. The maximum absolute atomic E-state index is 12.8. The molecular formula is C28H43N3O2S3. The first-order chi connectivity index (χ1) is 17.5. The van der Waals surface area contributed by atoms with Crippen molar-refractivity contribution in [2.75, 3.05) is 12.3 Å². The van der Waals surface area contributed by atoms with Gasteiger partial charge in [-0.05, 0) is 44.4 Å². The highest BCUT2D eigenvalue weighted by atomic mass is 32.2. The second kappa shape index (κ2) is 18.7. The van der Waals surface area contributed by atoms with E-state index in [9.17, 15) is 9.59 Å². The summed E-state index contributed by atoms with van der Waals surface area (Å²) >= 11 is 4.62. The zero-order valence-corrected chi connectivity index (χ0v) is 24.7. The predicted octanol–water partition coefficient (Wildman–Crippen LogP) is 8.32. The van der Waals surface area contributed by atoms with Crippen LogP contribution in [0.2, 0.25) is 0 Å². The van der Waals surface area contributed by atoms with Gasteiger partial charge in [0, 0.05) is 35.2 Å². The van der Waals surface area contributed by atoms with Gasteiger partial charge >= 0.3 is 0 Å². The van der Waals surface area contributed by atoms with Crippen LogP contribution in [0, 0.1) is 5.92 Å². The zero-order chi connectivity index (χ0) is 26.0. The van der Waals surface area contributed by atoms with Gasteiger partial charge in [0.15, 0.2) is 15.1 Å². The van der Waals surface area contributed by atoms with E-state index >= 15 is 0 Å². The fraction of sp³-hybridized carbons (Fsp3) is 0.643. The molecule has 0 unspecified atom stereocenters. The molecule has 0 spiro atoms. The van der Waals surface area contributed by atoms with Crippen LogP contribution in [0.1, 0.15) is 107 Å². The molecule has 0 aromatic carbocycles. The number of hydrogen-bond acceptors (Lipinski definition) is 7.